The molecule has 0 spiro atoms. The van der Waals surface area contributed by atoms with Gasteiger partial charge in [0.25, 0.3) is 0 Å². The highest BCUT2D eigenvalue weighted by Gasteiger charge is 2.37. The molecule has 2 N–H and O–H groups in total. The maximum atomic E-state index is 13.5. The van der Waals surface area contributed by atoms with E-state index >= 15 is 0 Å². The number of aliphatic hydroxyl groups excluding tert-OH is 1. The Balaban J connectivity index is 1.26. The molecule has 224 valence electrons. The number of thiazole rings is 1. The lowest BCUT2D eigenvalue weighted by Gasteiger charge is -2.41. The third-order valence-corrected chi connectivity index (χ3v) is 9.62. The van der Waals surface area contributed by atoms with Crippen molar-refractivity contribution in [2.75, 3.05) is 56.1 Å². The summed E-state index contributed by atoms with van der Waals surface area (Å²) < 4.78 is 15.2. The molecule has 1 amide bonds. The van der Waals surface area contributed by atoms with Crippen LogP contribution < -0.4 is 9.80 Å². The highest BCUT2D eigenvalue weighted by Crippen LogP contribution is 2.38. The molecule has 3 aromatic heterocycles. The van der Waals surface area contributed by atoms with E-state index in [0.717, 1.165) is 5.69 Å². The molecule has 6 rings (SSSR count). The van der Waals surface area contributed by atoms with Crippen molar-refractivity contribution in [1.29, 1.82) is 5.26 Å². The maximum Gasteiger partial charge on any atom is 0.322 e. The number of carbonyl (C=O) groups excluding carboxylic acids is 1. The molecule has 2 aliphatic heterocycles. The summed E-state index contributed by atoms with van der Waals surface area (Å²) in [5, 5.41) is 35.2. The van der Waals surface area contributed by atoms with Gasteiger partial charge in [0.2, 0.25) is 16.0 Å². The van der Waals surface area contributed by atoms with Crippen LogP contribution in [0.1, 0.15) is 17.5 Å². The number of carboxylic acids is 1. The number of aromatic nitrogens is 4. The number of likely N-dealkylation sites (tertiary alicyclic amines) is 1. The van der Waals surface area contributed by atoms with Gasteiger partial charge >= 0.3 is 5.97 Å². The first-order valence-corrected chi connectivity index (χ1v) is 15.3. The van der Waals surface area contributed by atoms with Crippen LogP contribution in [0.5, 0.6) is 0 Å². The lowest BCUT2D eigenvalue weighted by Crippen LogP contribution is -2.61. The topological polar surface area (TPSA) is 154 Å². The SMILES string of the molecule is CCc1nc2sc(N3CCN(CC(=O)N4CC(O)C4)C(C(=O)O)C3)nn2c1N(C)c1nc(-c2ccc(F)cc2)c(C#N)s1. The van der Waals surface area contributed by atoms with E-state index in [1.807, 2.05) is 23.8 Å². The quantitative estimate of drug-likeness (QED) is 0.296. The van der Waals surface area contributed by atoms with Crippen LogP contribution in [0.25, 0.3) is 16.2 Å². The molecule has 0 saturated carbocycles. The Kier molecular flexibility index (Phi) is 7.73. The zero-order valence-corrected chi connectivity index (χ0v) is 25.0. The predicted molar refractivity (Wildman–Crippen MR) is 158 cm³/mol. The van der Waals surface area contributed by atoms with E-state index in [1.165, 1.54) is 39.7 Å². The van der Waals surface area contributed by atoms with Crippen molar-refractivity contribution >= 4 is 55.6 Å². The maximum absolute atomic E-state index is 13.5. The number of aryl methyl sites for hydroxylation is 1. The number of aliphatic hydroxyl groups is 1. The Morgan fingerprint density at radius 2 is 1.91 bits per heavy atom. The monoisotopic (exact) mass is 625 g/mol. The van der Waals surface area contributed by atoms with Gasteiger partial charge in [-0.25, -0.2) is 14.4 Å². The third-order valence-electron chi connectivity index (χ3n) is 7.61. The van der Waals surface area contributed by atoms with Crippen LogP contribution in [-0.4, -0.2) is 110 Å². The number of amides is 1. The van der Waals surface area contributed by atoms with E-state index in [9.17, 15) is 29.5 Å². The first-order valence-electron chi connectivity index (χ1n) is 13.6. The van der Waals surface area contributed by atoms with Gasteiger partial charge in [-0.15, -0.1) is 5.10 Å². The summed E-state index contributed by atoms with van der Waals surface area (Å²) in [6, 6.07) is 7.12. The van der Waals surface area contributed by atoms with Crippen LogP contribution in [0.3, 0.4) is 0 Å². The van der Waals surface area contributed by atoms with Gasteiger partial charge in [0.1, 0.15) is 28.5 Å². The smallest absolute Gasteiger partial charge is 0.322 e. The van der Waals surface area contributed by atoms with E-state index in [2.05, 4.69) is 6.07 Å². The second-order valence-electron chi connectivity index (χ2n) is 10.4. The van der Waals surface area contributed by atoms with Crippen molar-refractivity contribution in [1.82, 2.24) is 29.4 Å². The molecule has 2 saturated heterocycles. The van der Waals surface area contributed by atoms with E-state index < -0.39 is 18.1 Å². The van der Waals surface area contributed by atoms with Crippen LogP contribution in [0, 0.1) is 17.1 Å². The summed E-state index contributed by atoms with van der Waals surface area (Å²) >= 11 is 2.56. The molecule has 1 atom stereocenters. The molecular formula is C27H28FN9O4S2. The van der Waals surface area contributed by atoms with E-state index in [0.29, 0.717) is 56.7 Å². The average Bonchev–Trinajstić information content (AvgIpc) is 3.68. The number of halogens is 1. The van der Waals surface area contributed by atoms with Gasteiger partial charge in [-0.2, -0.15) is 9.78 Å². The number of hydrogen-bond donors (Lipinski definition) is 2. The van der Waals surface area contributed by atoms with Crippen LogP contribution in [0.4, 0.5) is 20.5 Å². The number of rotatable bonds is 8. The molecule has 0 bridgehead atoms. The first kappa shape index (κ1) is 28.9. The molecule has 2 aliphatic rings. The Morgan fingerprint density at radius 3 is 2.56 bits per heavy atom. The van der Waals surface area contributed by atoms with Crippen molar-refractivity contribution in [3.8, 4) is 17.3 Å². The molecule has 13 nitrogen and oxygen atoms in total. The number of carboxylic acid groups (broad SMARTS) is 1. The number of piperazine rings is 1. The number of aliphatic carboxylic acids is 1. The summed E-state index contributed by atoms with van der Waals surface area (Å²) in [5.74, 6) is -0.910. The normalized spacial score (nSPS) is 17.7. The van der Waals surface area contributed by atoms with Crippen LogP contribution >= 0.6 is 22.7 Å². The molecule has 5 heterocycles. The van der Waals surface area contributed by atoms with Gasteiger partial charge in [0.05, 0.1) is 18.3 Å². The van der Waals surface area contributed by atoms with Crippen LogP contribution in [0.2, 0.25) is 0 Å². The Labute approximate surface area is 253 Å². The standard InChI is InChI=1S/C27H28FN9O4S2/c1-3-18-23(33(2)25-31-22(20(10-29)42-25)15-4-6-16(28)7-5-15)37-26(30-18)43-27(32-37)35-9-8-34(19(13-35)24(40)41)14-21(39)36-11-17(38)12-36/h4-7,17,19,38H,3,8-9,11-14H2,1-2H3,(H,40,41). The minimum Gasteiger partial charge on any atom is -0.480 e. The molecule has 4 aromatic rings. The number of anilines is 3. The van der Waals surface area contributed by atoms with Gasteiger partial charge in [0.15, 0.2) is 10.9 Å². The van der Waals surface area contributed by atoms with Crippen molar-refractivity contribution in [2.24, 2.45) is 0 Å². The number of imidazole rings is 1. The number of benzene rings is 1. The molecule has 1 aromatic carbocycles. The molecule has 0 radical (unpaired) electrons. The van der Waals surface area contributed by atoms with E-state index in [4.69, 9.17) is 15.1 Å². The molecule has 43 heavy (non-hydrogen) atoms. The number of nitriles is 1. The Morgan fingerprint density at radius 1 is 1.16 bits per heavy atom. The fourth-order valence-electron chi connectivity index (χ4n) is 5.24. The van der Waals surface area contributed by atoms with Gasteiger partial charge in [-0.05, 0) is 30.7 Å². The number of nitrogens with zero attached hydrogens (tertiary/aromatic N) is 9. The van der Waals surface area contributed by atoms with Gasteiger partial charge in [-0.3, -0.25) is 14.5 Å². The third kappa shape index (κ3) is 5.40. The largest absolute Gasteiger partial charge is 0.480 e. The fraction of sp³-hybridized carbons (Fsp3) is 0.407. The Hall–Kier alpha value is -4.17. The zero-order chi connectivity index (χ0) is 30.4. The second-order valence-corrected chi connectivity index (χ2v) is 12.3. The molecule has 1 unspecified atom stereocenters. The minimum atomic E-state index is -1.02. The Bertz CT molecular complexity index is 1720. The number of fused-ring (bicyclic) bond motifs is 1. The summed E-state index contributed by atoms with van der Waals surface area (Å²) in [7, 11) is 1.82. The summed E-state index contributed by atoms with van der Waals surface area (Å²) in [5.41, 5.74) is 1.89. The number of β-amino-alcohol motifs (C(OH)–C–C–N with tert-alkyl or cyclic N) is 1. The predicted octanol–water partition coefficient (Wildman–Crippen LogP) is 2.03. The lowest BCUT2D eigenvalue weighted by atomic mass is 10.1. The molecule has 0 aliphatic carbocycles. The first-order chi connectivity index (χ1) is 20.7. The summed E-state index contributed by atoms with van der Waals surface area (Å²) in [6.45, 7) is 3.49. The van der Waals surface area contributed by atoms with Gasteiger partial charge < -0.3 is 24.9 Å². The van der Waals surface area contributed by atoms with Crippen molar-refractivity contribution in [2.45, 2.75) is 25.5 Å². The van der Waals surface area contributed by atoms with E-state index in [1.54, 1.807) is 21.5 Å². The second kappa shape index (κ2) is 11.5. The van der Waals surface area contributed by atoms with Crippen LogP contribution in [0.15, 0.2) is 24.3 Å². The highest BCUT2D eigenvalue weighted by atomic mass is 32.1. The summed E-state index contributed by atoms with van der Waals surface area (Å²) in [6.07, 6.45) is 0.103. The van der Waals surface area contributed by atoms with Gasteiger partial charge in [-0.1, -0.05) is 29.6 Å². The minimum absolute atomic E-state index is 0.0219. The van der Waals surface area contributed by atoms with Crippen molar-refractivity contribution in [3.05, 3.63) is 40.7 Å². The summed E-state index contributed by atoms with van der Waals surface area (Å²) in [4.78, 5) is 42.2. The van der Waals surface area contributed by atoms with Crippen molar-refractivity contribution < 1.29 is 24.2 Å². The molecule has 2 fully saturated rings. The lowest BCUT2D eigenvalue weighted by molar-refractivity contribution is -0.148. The number of carbonyl (C=O) groups is 2. The zero-order valence-electron chi connectivity index (χ0n) is 23.3. The molecule has 16 heteroatoms. The average molecular weight is 626 g/mol. The number of hydrogen-bond acceptors (Lipinski definition) is 12. The van der Waals surface area contributed by atoms with E-state index in [-0.39, 0.29) is 37.9 Å². The van der Waals surface area contributed by atoms with Crippen molar-refractivity contribution in [3.63, 3.8) is 0 Å². The van der Waals surface area contributed by atoms with Crippen LogP contribution in [-0.2, 0) is 16.0 Å². The van der Waals surface area contributed by atoms with Gasteiger partial charge in [0, 0.05) is 45.3 Å². The fourth-order valence-corrected chi connectivity index (χ4v) is 7.04. The molecular weight excluding hydrogens is 597 g/mol. The highest BCUT2D eigenvalue weighted by molar-refractivity contribution is 7.20.